The molecule has 4 heteroatoms. The molecule has 0 spiro atoms. The van der Waals surface area contributed by atoms with E-state index in [9.17, 15) is 4.79 Å². The normalized spacial score (nSPS) is 10.3. The third-order valence-electron chi connectivity index (χ3n) is 2.68. The molecule has 1 aromatic carbocycles. The van der Waals surface area contributed by atoms with E-state index in [4.69, 9.17) is 9.47 Å². The summed E-state index contributed by atoms with van der Waals surface area (Å²) in [7, 11) is 3.03. The number of hydrogen-bond acceptors (Lipinski definition) is 3. The molecular weight excluding hydrogens is 230 g/mol. The van der Waals surface area contributed by atoms with E-state index < -0.39 is 0 Å². The zero-order valence-corrected chi connectivity index (χ0v) is 10.4. The van der Waals surface area contributed by atoms with E-state index in [-0.39, 0.29) is 5.97 Å². The summed E-state index contributed by atoms with van der Waals surface area (Å²) in [6.45, 7) is 0.544. The number of ether oxygens (including phenoxy) is 2. The molecule has 0 aliphatic carbocycles. The number of carbonyl (C=O) groups excluding carboxylic acids is 1. The molecule has 0 bridgehead atoms. The Kier molecular flexibility index (Phi) is 3.79. The average molecular weight is 245 g/mol. The Hall–Kier alpha value is -2.07. The van der Waals surface area contributed by atoms with E-state index in [2.05, 4.69) is 4.98 Å². The van der Waals surface area contributed by atoms with Crippen LogP contribution in [0.25, 0.3) is 11.3 Å². The Bertz CT molecular complexity index is 545. The van der Waals surface area contributed by atoms with Gasteiger partial charge in [-0.3, -0.25) is 0 Å². The van der Waals surface area contributed by atoms with Gasteiger partial charge in [-0.25, -0.2) is 4.79 Å². The third-order valence-corrected chi connectivity index (χ3v) is 2.68. The van der Waals surface area contributed by atoms with Gasteiger partial charge in [0.1, 0.15) is 0 Å². The maximum Gasteiger partial charge on any atom is 0.340 e. The monoisotopic (exact) mass is 245 g/mol. The number of benzene rings is 1. The van der Waals surface area contributed by atoms with Crippen molar-refractivity contribution in [3.05, 3.63) is 47.7 Å². The Labute approximate surface area is 106 Å². The summed E-state index contributed by atoms with van der Waals surface area (Å²) in [5.41, 5.74) is 3.29. The van der Waals surface area contributed by atoms with Crippen molar-refractivity contribution in [1.82, 2.24) is 4.98 Å². The van der Waals surface area contributed by atoms with Crippen molar-refractivity contribution >= 4 is 5.97 Å². The number of nitrogens with one attached hydrogen (secondary N) is 1. The van der Waals surface area contributed by atoms with Crippen LogP contribution in [-0.4, -0.2) is 25.2 Å². The number of aromatic nitrogens is 1. The summed E-state index contributed by atoms with van der Waals surface area (Å²) in [5.74, 6) is -0.344. The van der Waals surface area contributed by atoms with E-state index in [0.29, 0.717) is 12.2 Å². The van der Waals surface area contributed by atoms with Gasteiger partial charge >= 0.3 is 5.97 Å². The second-order valence-corrected chi connectivity index (χ2v) is 3.89. The highest BCUT2D eigenvalue weighted by Crippen LogP contribution is 2.23. The fraction of sp³-hybridized carbons (Fsp3) is 0.214. The van der Waals surface area contributed by atoms with E-state index in [1.54, 1.807) is 19.4 Å². The number of hydrogen-bond donors (Lipinski definition) is 1. The first-order chi connectivity index (χ1) is 8.76. The van der Waals surface area contributed by atoms with Gasteiger partial charge in [0, 0.05) is 13.3 Å². The molecule has 1 aromatic heterocycles. The lowest BCUT2D eigenvalue weighted by molar-refractivity contribution is 0.0602. The van der Waals surface area contributed by atoms with Gasteiger partial charge in [0.05, 0.1) is 25.0 Å². The summed E-state index contributed by atoms with van der Waals surface area (Å²) < 4.78 is 9.85. The molecule has 94 valence electrons. The average Bonchev–Trinajstić information content (AvgIpc) is 2.88. The Morgan fingerprint density at radius 2 is 2.11 bits per heavy atom. The van der Waals surface area contributed by atoms with Crippen LogP contribution in [0.2, 0.25) is 0 Å². The van der Waals surface area contributed by atoms with Gasteiger partial charge in [-0.2, -0.15) is 0 Å². The predicted molar refractivity (Wildman–Crippen MR) is 68.3 cm³/mol. The number of esters is 1. The number of rotatable bonds is 4. The molecule has 2 rings (SSSR count). The molecule has 18 heavy (non-hydrogen) atoms. The largest absolute Gasteiger partial charge is 0.465 e. The van der Waals surface area contributed by atoms with Gasteiger partial charge in [-0.1, -0.05) is 18.2 Å². The highest BCUT2D eigenvalue weighted by Gasteiger charge is 2.14. The van der Waals surface area contributed by atoms with Crippen LogP contribution in [0.4, 0.5) is 0 Å². The third kappa shape index (κ3) is 2.43. The van der Waals surface area contributed by atoms with E-state index in [1.165, 1.54) is 7.11 Å². The Morgan fingerprint density at radius 1 is 1.28 bits per heavy atom. The number of aromatic amines is 1. The lowest BCUT2D eigenvalue weighted by Crippen LogP contribution is -2.01. The van der Waals surface area contributed by atoms with Crippen LogP contribution in [0.3, 0.4) is 0 Å². The number of H-pyrrole nitrogens is 1. The van der Waals surface area contributed by atoms with E-state index in [0.717, 1.165) is 16.8 Å². The quantitative estimate of drug-likeness (QED) is 0.842. The van der Waals surface area contributed by atoms with Crippen molar-refractivity contribution in [3.8, 4) is 11.3 Å². The molecule has 1 heterocycles. The van der Waals surface area contributed by atoms with Crippen LogP contribution < -0.4 is 0 Å². The van der Waals surface area contributed by atoms with Gasteiger partial charge in [-0.05, 0) is 23.3 Å². The van der Waals surface area contributed by atoms with Crippen molar-refractivity contribution in [2.24, 2.45) is 0 Å². The van der Waals surface area contributed by atoms with Crippen molar-refractivity contribution in [3.63, 3.8) is 0 Å². The molecule has 0 amide bonds. The van der Waals surface area contributed by atoms with Crippen LogP contribution in [0.15, 0.2) is 36.5 Å². The second kappa shape index (κ2) is 5.51. The minimum Gasteiger partial charge on any atom is -0.465 e. The Balaban J connectivity index is 2.39. The second-order valence-electron chi connectivity index (χ2n) is 3.89. The first-order valence-electron chi connectivity index (χ1n) is 5.60. The Morgan fingerprint density at radius 3 is 2.83 bits per heavy atom. The van der Waals surface area contributed by atoms with E-state index >= 15 is 0 Å². The molecule has 2 aromatic rings. The van der Waals surface area contributed by atoms with Crippen LogP contribution in [0.5, 0.6) is 0 Å². The summed E-state index contributed by atoms with van der Waals surface area (Å²) in [6, 6.07) is 9.56. The van der Waals surface area contributed by atoms with Gasteiger partial charge in [0.2, 0.25) is 0 Å². The summed E-state index contributed by atoms with van der Waals surface area (Å²) >= 11 is 0. The molecule has 4 nitrogen and oxygen atoms in total. The van der Waals surface area contributed by atoms with Crippen molar-refractivity contribution in [2.45, 2.75) is 6.61 Å². The fourth-order valence-electron chi connectivity index (χ4n) is 1.87. The lowest BCUT2D eigenvalue weighted by Gasteiger charge is -2.05. The smallest absolute Gasteiger partial charge is 0.340 e. The first kappa shape index (κ1) is 12.4. The van der Waals surface area contributed by atoms with Gasteiger partial charge < -0.3 is 14.5 Å². The van der Waals surface area contributed by atoms with Gasteiger partial charge in [-0.15, -0.1) is 0 Å². The maximum atomic E-state index is 11.6. The van der Waals surface area contributed by atoms with Crippen LogP contribution in [-0.2, 0) is 16.1 Å². The maximum absolute atomic E-state index is 11.6. The molecular formula is C14H15NO3. The highest BCUT2D eigenvalue weighted by atomic mass is 16.5. The molecule has 0 fully saturated rings. The highest BCUT2D eigenvalue weighted by molar-refractivity contribution is 5.96. The number of methoxy groups -OCH3 is 2. The summed E-state index contributed by atoms with van der Waals surface area (Å²) in [5, 5.41) is 0. The minimum absolute atomic E-state index is 0.344. The standard InChI is InChI=1S/C14H15NO3/c1-17-9-10-4-3-5-11(8-10)13-12(6-7-15-13)14(16)18-2/h3-8,15H,9H2,1-2H3. The fourth-order valence-corrected chi connectivity index (χ4v) is 1.87. The molecule has 0 saturated carbocycles. The molecule has 0 atom stereocenters. The molecule has 0 aliphatic rings. The summed E-state index contributed by atoms with van der Waals surface area (Å²) in [4.78, 5) is 14.7. The van der Waals surface area contributed by atoms with Crippen molar-refractivity contribution < 1.29 is 14.3 Å². The predicted octanol–water partition coefficient (Wildman–Crippen LogP) is 2.61. The minimum atomic E-state index is -0.344. The zero-order valence-electron chi connectivity index (χ0n) is 10.4. The van der Waals surface area contributed by atoms with E-state index in [1.807, 2.05) is 24.3 Å². The summed E-state index contributed by atoms with van der Waals surface area (Å²) in [6.07, 6.45) is 1.73. The number of carbonyl (C=O) groups is 1. The first-order valence-corrected chi connectivity index (χ1v) is 5.60. The van der Waals surface area contributed by atoms with Crippen LogP contribution in [0, 0.1) is 0 Å². The molecule has 0 unspecified atom stereocenters. The van der Waals surface area contributed by atoms with Crippen LogP contribution >= 0.6 is 0 Å². The molecule has 0 radical (unpaired) electrons. The van der Waals surface area contributed by atoms with Gasteiger partial charge in [0.25, 0.3) is 0 Å². The van der Waals surface area contributed by atoms with Gasteiger partial charge in [0.15, 0.2) is 0 Å². The topological polar surface area (TPSA) is 51.3 Å². The van der Waals surface area contributed by atoms with Crippen LogP contribution in [0.1, 0.15) is 15.9 Å². The molecule has 1 N–H and O–H groups in total. The van der Waals surface area contributed by atoms with Crippen molar-refractivity contribution in [1.29, 1.82) is 0 Å². The molecule has 0 aliphatic heterocycles. The van der Waals surface area contributed by atoms with Crippen molar-refractivity contribution in [2.75, 3.05) is 14.2 Å². The lowest BCUT2D eigenvalue weighted by atomic mass is 10.1. The zero-order chi connectivity index (χ0) is 13.0. The SMILES string of the molecule is COCc1cccc(-c2[nH]ccc2C(=O)OC)c1. The molecule has 0 saturated heterocycles.